The van der Waals surface area contributed by atoms with Gasteiger partial charge in [-0.05, 0) is 62.7 Å². The molecule has 0 bridgehead atoms. The van der Waals surface area contributed by atoms with Crippen LogP contribution in [0, 0.1) is 5.92 Å². The number of hydrogen-bond donors (Lipinski definition) is 0. The highest BCUT2D eigenvalue weighted by Gasteiger charge is 2.35. The minimum absolute atomic E-state index is 0.647. The van der Waals surface area contributed by atoms with Crippen LogP contribution in [0.3, 0.4) is 0 Å². The van der Waals surface area contributed by atoms with E-state index in [4.69, 9.17) is 11.6 Å². The molecule has 2 nitrogen and oxygen atoms in total. The van der Waals surface area contributed by atoms with E-state index in [0.717, 1.165) is 18.4 Å². The van der Waals surface area contributed by atoms with Crippen molar-refractivity contribution >= 4 is 11.6 Å². The lowest BCUT2D eigenvalue weighted by Crippen LogP contribution is -2.49. The van der Waals surface area contributed by atoms with Crippen LogP contribution < -0.4 is 0 Å². The molecule has 1 fully saturated rings. The number of nitrogens with zero attached hydrogens (tertiary/aromatic N) is 2. The van der Waals surface area contributed by atoms with Crippen molar-refractivity contribution in [2.75, 3.05) is 13.1 Å². The number of hydrogen-bond acceptors (Lipinski definition) is 2. The Bertz CT molecular complexity index is 431. The molecule has 0 amide bonds. The second kappa shape index (κ2) is 5.18. The van der Waals surface area contributed by atoms with Crippen molar-refractivity contribution in [3.05, 3.63) is 28.5 Å². The van der Waals surface area contributed by atoms with Gasteiger partial charge in [-0.2, -0.15) is 0 Å². The fourth-order valence-electron chi connectivity index (χ4n) is 3.65. The lowest BCUT2D eigenvalue weighted by Gasteiger charge is -2.44. The van der Waals surface area contributed by atoms with Crippen LogP contribution in [0.25, 0.3) is 0 Å². The van der Waals surface area contributed by atoms with Gasteiger partial charge in [0.2, 0.25) is 0 Å². The number of likely N-dealkylation sites (tertiary alicyclic amines) is 1. The van der Waals surface area contributed by atoms with Crippen molar-refractivity contribution in [1.29, 1.82) is 0 Å². The number of halogens is 1. The molecule has 0 radical (unpaired) electrons. The maximum absolute atomic E-state index is 6.01. The summed E-state index contributed by atoms with van der Waals surface area (Å²) in [5.41, 5.74) is 2.67. The molecule has 2 atom stereocenters. The molecule has 0 unspecified atom stereocenters. The minimum Gasteiger partial charge on any atom is -0.300 e. The molecule has 0 aromatic carbocycles. The molecule has 3 rings (SSSR count). The fourth-order valence-corrected chi connectivity index (χ4v) is 3.82. The summed E-state index contributed by atoms with van der Waals surface area (Å²) in [5.74, 6) is 0.795. The normalized spacial score (nSPS) is 27.7. The van der Waals surface area contributed by atoms with Gasteiger partial charge in [-0.1, -0.05) is 24.6 Å². The van der Waals surface area contributed by atoms with Gasteiger partial charge in [0.1, 0.15) is 5.15 Å². The van der Waals surface area contributed by atoms with Crippen LogP contribution in [0.2, 0.25) is 5.15 Å². The molecule has 1 saturated heterocycles. The number of pyridine rings is 1. The molecule has 3 heteroatoms. The van der Waals surface area contributed by atoms with Gasteiger partial charge in [0.15, 0.2) is 0 Å². The summed E-state index contributed by atoms with van der Waals surface area (Å²) in [6.45, 7) is 4.81. The van der Waals surface area contributed by atoms with Crippen LogP contribution in [0.1, 0.15) is 37.4 Å². The average molecular weight is 265 g/mol. The molecule has 0 spiro atoms. The molecule has 2 aliphatic rings. The van der Waals surface area contributed by atoms with Crippen molar-refractivity contribution in [3.8, 4) is 0 Å². The molecule has 0 N–H and O–H groups in total. The monoisotopic (exact) mass is 264 g/mol. The second-order valence-corrected chi connectivity index (χ2v) is 6.04. The third-order valence-corrected chi connectivity index (χ3v) is 4.67. The van der Waals surface area contributed by atoms with E-state index in [2.05, 4.69) is 22.9 Å². The van der Waals surface area contributed by atoms with E-state index >= 15 is 0 Å². The summed E-state index contributed by atoms with van der Waals surface area (Å²) in [4.78, 5) is 7.22. The zero-order valence-electron chi connectivity index (χ0n) is 11.0. The molecule has 0 saturated carbocycles. The van der Waals surface area contributed by atoms with Crippen molar-refractivity contribution in [2.45, 2.75) is 45.1 Å². The summed E-state index contributed by atoms with van der Waals surface area (Å²) in [6.07, 6.45) is 6.26. The summed E-state index contributed by atoms with van der Waals surface area (Å²) < 4.78 is 0. The van der Waals surface area contributed by atoms with E-state index in [9.17, 15) is 0 Å². The van der Waals surface area contributed by atoms with Crippen molar-refractivity contribution in [1.82, 2.24) is 9.88 Å². The first-order valence-electron chi connectivity index (χ1n) is 7.16. The minimum atomic E-state index is 0.647. The quantitative estimate of drug-likeness (QED) is 0.762. The van der Waals surface area contributed by atoms with Crippen LogP contribution in [0.4, 0.5) is 0 Å². The Morgan fingerprint density at radius 3 is 3.11 bits per heavy atom. The predicted molar refractivity (Wildman–Crippen MR) is 75.0 cm³/mol. The van der Waals surface area contributed by atoms with Gasteiger partial charge in [0, 0.05) is 11.7 Å². The van der Waals surface area contributed by atoms with Crippen LogP contribution in [0.5, 0.6) is 0 Å². The smallest absolute Gasteiger partial charge is 0.129 e. The Morgan fingerprint density at radius 1 is 1.39 bits per heavy atom. The lowest BCUT2D eigenvalue weighted by atomic mass is 9.77. The third-order valence-electron chi connectivity index (χ3n) is 4.46. The molecule has 1 aliphatic heterocycles. The van der Waals surface area contributed by atoms with Gasteiger partial charge in [-0.3, -0.25) is 4.90 Å². The molecule has 98 valence electrons. The fraction of sp³-hybridized carbons (Fsp3) is 0.667. The number of piperidine rings is 1. The zero-order chi connectivity index (χ0) is 12.5. The van der Waals surface area contributed by atoms with E-state index in [1.807, 2.05) is 6.07 Å². The van der Waals surface area contributed by atoms with Crippen LogP contribution in [-0.2, 0) is 12.8 Å². The topological polar surface area (TPSA) is 16.1 Å². The van der Waals surface area contributed by atoms with Crippen molar-refractivity contribution < 1.29 is 0 Å². The maximum atomic E-state index is 6.01. The molecule has 1 aliphatic carbocycles. The largest absolute Gasteiger partial charge is 0.300 e. The van der Waals surface area contributed by atoms with Crippen molar-refractivity contribution in [2.24, 2.45) is 5.92 Å². The average Bonchev–Trinajstić information content (AvgIpc) is 2.37. The lowest BCUT2D eigenvalue weighted by molar-refractivity contribution is 0.0846. The second-order valence-electron chi connectivity index (χ2n) is 5.65. The Balaban J connectivity index is 1.85. The Hall–Kier alpha value is -0.600. The Labute approximate surface area is 114 Å². The summed E-state index contributed by atoms with van der Waals surface area (Å²) in [7, 11) is 0. The zero-order valence-corrected chi connectivity index (χ0v) is 11.8. The van der Waals surface area contributed by atoms with Gasteiger partial charge in [-0.15, -0.1) is 0 Å². The first-order valence-corrected chi connectivity index (χ1v) is 7.54. The number of fused-ring (bicyclic) bond motifs is 2. The third kappa shape index (κ3) is 2.28. The Kier molecular flexibility index (Phi) is 3.58. The summed E-state index contributed by atoms with van der Waals surface area (Å²) >= 11 is 6.01. The molecule has 1 aromatic rings. The van der Waals surface area contributed by atoms with Gasteiger partial charge >= 0.3 is 0 Å². The van der Waals surface area contributed by atoms with Crippen molar-refractivity contribution in [3.63, 3.8) is 0 Å². The number of rotatable bonds is 2. The summed E-state index contributed by atoms with van der Waals surface area (Å²) in [5, 5.41) is 0.647. The van der Waals surface area contributed by atoms with E-state index in [1.54, 1.807) is 0 Å². The van der Waals surface area contributed by atoms with E-state index < -0.39 is 0 Å². The highest BCUT2D eigenvalue weighted by molar-refractivity contribution is 6.29. The Morgan fingerprint density at radius 2 is 2.28 bits per heavy atom. The standard InChI is InChI=1S/C15H21ClN2/c1-2-7-18-8-3-4-12-9-13-11(10-14(12)18)5-6-15(16)17-13/h5-6,12,14H,2-4,7-10H2,1H3/t12-,14-/m1/s1. The predicted octanol–water partition coefficient (Wildman–Crippen LogP) is 3.32. The van der Waals surface area contributed by atoms with Crippen LogP contribution >= 0.6 is 11.6 Å². The summed E-state index contributed by atoms with van der Waals surface area (Å²) in [6, 6.07) is 4.86. The molecule has 18 heavy (non-hydrogen) atoms. The molecular weight excluding hydrogens is 244 g/mol. The van der Waals surface area contributed by atoms with E-state index in [0.29, 0.717) is 5.15 Å². The molecule has 2 heterocycles. The first-order chi connectivity index (χ1) is 8.78. The first kappa shape index (κ1) is 12.4. The highest BCUT2D eigenvalue weighted by Crippen LogP contribution is 2.34. The van der Waals surface area contributed by atoms with Crippen LogP contribution in [0.15, 0.2) is 12.1 Å². The van der Waals surface area contributed by atoms with E-state index in [-0.39, 0.29) is 0 Å². The molecular formula is C15H21ClN2. The van der Waals surface area contributed by atoms with Crippen LogP contribution in [-0.4, -0.2) is 29.0 Å². The number of aromatic nitrogens is 1. The van der Waals surface area contributed by atoms with Gasteiger partial charge < -0.3 is 0 Å². The van der Waals surface area contributed by atoms with E-state index in [1.165, 1.54) is 50.0 Å². The van der Waals surface area contributed by atoms with Gasteiger partial charge in [0.25, 0.3) is 0 Å². The maximum Gasteiger partial charge on any atom is 0.129 e. The van der Waals surface area contributed by atoms with Gasteiger partial charge in [0.05, 0.1) is 0 Å². The SMILES string of the molecule is CCCN1CCC[C@@H]2Cc3nc(Cl)ccc3C[C@H]21. The van der Waals surface area contributed by atoms with Gasteiger partial charge in [-0.25, -0.2) is 4.98 Å². The molecule has 1 aromatic heterocycles. The highest BCUT2D eigenvalue weighted by atomic mass is 35.5.